The molecular formula is C17H27N3. The summed E-state index contributed by atoms with van der Waals surface area (Å²) in [5.74, 6) is 1.12. The summed E-state index contributed by atoms with van der Waals surface area (Å²) in [4.78, 5) is 7.31. The van der Waals surface area contributed by atoms with E-state index in [1.54, 1.807) is 0 Å². The molecule has 0 saturated carbocycles. The van der Waals surface area contributed by atoms with Gasteiger partial charge in [0.2, 0.25) is 0 Å². The third-order valence-corrected chi connectivity index (χ3v) is 3.68. The van der Waals surface area contributed by atoms with Gasteiger partial charge in [-0.1, -0.05) is 32.4 Å². The minimum atomic E-state index is 0.0825. The predicted molar refractivity (Wildman–Crippen MR) is 86.3 cm³/mol. The molecule has 2 rings (SSSR count). The monoisotopic (exact) mass is 273 g/mol. The van der Waals surface area contributed by atoms with E-state index < -0.39 is 0 Å². The molecule has 0 bridgehead atoms. The Bertz CT molecular complexity index is 497. The van der Waals surface area contributed by atoms with Gasteiger partial charge < -0.3 is 10.2 Å². The zero-order valence-corrected chi connectivity index (χ0v) is 13.5. The van der Waals surface area contributed by atoms with Gasteiger partial charge in [-0.2, -0.15) is 0 Å². The number of nitrogens with zero attached hydrogens (tertiary/aromatic N) is 2. The van der Waals surface area contributed by atoms with Gasteiger partial charge in [0, 0.05) is 30.7 Å². The fourth-order valence-corrected chi connectivity index (χ4v) is 2.53. The Hall–Kier alpha value is -1.35. The molecule has 2 heterocycles. The highest BCUT2D eigenvalue weighted by molar-refractivity contribution is 5.46. The first-order valence-electron chi connectivity index (χ1n) is 7.47. The molecule has 1 aliphatic rings. The molecule has 0 unspecified atom stereocenters. The largest absolute Gasteiger partial charge is 0.352 e. The van der Waals surface area contributed by atoms with E-state index in [9.17, 15) is 0 Å². The van der Waals surface area contributed by atoms with E-state index in [4.69, 9.17) is 4.98 Å². The number of hydrogen-bond acceptors (Lipinski definition) is 3. The molecule has 0 atom stereocenters. The van der Waals surface area contributed by atoms with Gasteiger partial charge in [-0.15, -0.1) is 0 Å². The molecule has 0 saturated heterocycles. The fraction of sp³-hybridized carbons (Fsp3) is 0.588. The molecule has 0 radical (unpaired) electrons. The Kier molecular flexibility index (Phi) is 4.48. The highest BCUT2D eigenvalue weighted by Gasteiger charge is 2.20. The second-order valence-electron chi connectivity index (χ2n) is 6.76. The van der Waals surface area contributed by atoms with Crippen molar-refractivity contribution in [2.45, 2.75) is 46.1 Å². The molecular weight excluding hydrogens is 246 g/mol. The lowest BCUT2D eigenvalue weighted by Gasteiger charge is -2.29. The van der Waals surface area contributed by atoms with Crippen molar-refractivity contribution in [1.29, 1.82) is 0 Å². The Balaban J connectivity index is 2.36. The summed E-state index contributed by atoms with van der Waals surface area (Å²) in [5, 5.41) is 3.24. The second kappa shape index (κ2) is 5.96. The van der Waals surface area contributed by atoms with Crippen LogP contribution in [0.5, 0.6) is 0 Å². The zero-order valence-electron chi connectivity index (χ0n) is 13.5. The van der Waals surface area contributed by atoms with Gasteiger partial charge in [0.1, 0.15) is 5.82 Å². The van der Waals surface area contributed by atoms with Crippen LogP contribution in [0.3, 0.4) is 0 Å². The number of rotatable bonds is 3. The molecule has 0 aliphatic carbocycles. The molecule has 0 spiro atoms. The van der Waals surface area contributed by atoms with E-state index in [1.807, 2.05) is 7.05 Å². The Morgan fingerprint density at radius 1 is 1.30 bits per heavy atom. The van der Waals surface area contributed by atoms with E-state index in [0.717, 1.165) is 31.9 Å². The molecule has 20 heavy (non-hydrogen) atoms. The van der Waals surface area contributed by atoms with E-state index >= 15 is 0 Å². The third kappa shape index (κ3) is 3.60. The van der Waals surface area contributed by atoms with Crippen LogP contribution in [-0.2, 0) is 12.0 Å². The zero-order chi connectivity index (χ0) is 14.8. The van der Waals surface area contributed by atoms with Crippen molar-refractivity contribution in [1.82, 2.24) is 10.3 Å². The molecule has 1 aromatic rings. The third-order valence-electron chi connectivity index (χ3n) is 3.68. The van der Waals surface area contributed by atoms with Crippen LogP contribution in [0.1, 0.15) is 45.4 Å². The lowest BCUT2D eigenvalue weighted by molar-refractivity contribution is 0.565. The summed E-state index contributed by atoms with van der Waals surface area (Å²) in [6, 6.07) is 4.46. The molecule has 1 N–H and O–H groups in total. The summed E-state index contributed by atoms with van der Waals surface area (Å²) in [6.45, 7) is 11.8. The van der Waals surface area contributed by atoms with Gasteiger partial charge in [-0.25, -0.2) is 4.98 Å². The molecule has 1 aromatic heterocycles. The van der Waals surface area contributed by atoms with E-state index in [2.05, 4.69) is 56.1 Å². The first kappa shape index (κ1) is 15.0. The first-order valence-corrected chi connectivity index (χ1v) is 7.47. The van der Waals surface area contributed by atoms with Crippen LogP contribution in [0.4, 0.5) is 5.82 Å². The van der Waals surface area contributed by atoms with Gasteiger partial charge in [0.15, 0.2) is 0 Å². The van der Waals surface area contributed by atoms with Gasteiger partial charge in [-0.05, 0) is 38.1 Å². The first-order chi connectivity index (χ1) is 9.40. The molecule has 0 fully saturated rings. The van der Waals surface area contributed by atoms with Crippen molar-refractivity contribution in [3.63, 3.8) is 0 Å². The van der Waals surface area contributed by atoms with Crippen LogP contribution in [0, 0.1) is 0 Å². The van der Waals surface area contributed by atoms with E-state index in [0.29, 0.717) is 0 Å². The maximum absolute atomic E-state index is 4.92. The van der Waals surface area contributed by atoms with Crippen LogP contribution < -0.4 is 10.2 Å². The van der Waals surface area contributed by atoms with Gasteiger partial charge in [-0.3, -0.25) is 0 Å². The maximum Gasteiger partial charge on any atom is 0.129 e. The number of anilines is 1. The minimum Gasteiger partial charge on any atom is -0.352 e. The second-order valence-corrected chi connectivity index (χ2v) is 6.76. The topological polar surface area (TPSA) is 28.2 Å². The van der Waals surface area contributed by atoms with Crippen molar-refractivity contribution in [3.8, 4) is 0 Å². The summed E-state index contributed by atoms with van der Waals surface area (Å²) in [5.41, 5.74) is 4.01. The van der Waals surface area contributed by atoms with Crippen LogP contribution in [-0.4, -0.2) is 25.1 Å². The van der Waals surface area contributed by atoms with Crippen molar-refractivity contribution in [2.75, 3.05) is 25.0 Å². The Morgan fingerprint density at radius 2 is 2.05 bits per heavy atom. The van der Waals surface area contributed by atoms with Crippen LogP contribution in [0.15, 0.2) is 23.8 Å². The van der Waals surface area contributed by atoms with Crippen LogP contribution >= 0.6 is 0 Å². The average Bonchev–Trinajstić information content (AvgIpc) is 2.38. The molecule has 3 nitrogen and oxygen atoms in total. The van der Waals surface area contributed by atoms with Gasteiger partial charge >= 0.3 is 0 Å². The van der Waals surface area contributed by atoms with Gasteiger partial charge in [0.25, 0.3) is 0 Å². The van der Waals surface area contributed by atoms with E-state index in [-0.39, 0.29) is 5.41 Å². The number of hydrogen-bond donors (Lipinski definition) is 1. The standard InChI is InChI=1S/C17H27N3/c1-13-7-6-8-20(12-13)16-10-14(11-18-5)9-15(19-16)17(2,3)4/h7,9-10,18H,6,8,11-12H2,1-5H3. The number of aromatic nitrogens is 1. The Labute approximate surface area is 123 Å². The minimum absolute atomic E-state index is 0.0825. The normalized spacial score (nSPS) is 16.2. The molecule has 0 amide bonds. The highest BCUT2D eigenvalue weighted by atomic mass is 15.2. The van der Waals surface area contributed by atoms with Gasteiger partial charge in [0.05, 0.1) is 0 Å². The summed E-state index contributed by atoms with van der Waals surface area (Å²) in [7, 11) is 1.99. The smallest absolute Gasteiger partial charge is 0.129 e. The summed E-state index contributed by atoms with van der Waals surface area (Å²) in [6.07, 6.45) is 3.45. The van der Waals surface area contributed by atoms with E-state index in [1.165, 1.54) is 16.8 Å². The molecule has 110 valence electrons. The Morgan fingerprint density at radius 3 is 2.65 bits per heavy atom. The quantitative estimate of drug-likeness (QED) is 0.857. The lowest BCUT2D eigenvalue weighted by Crippen LogP contribution is -2.31. The van der Waals surface area contributed by atoms with Crippen molar-refractivity contribution < 1.29 is 0 Å². The molecule has 0 aromatic carbocycles. The van der Waals surface area contributed by atoms with Crippen LogP contribution in [0.2, 0.25) is 0 Å². The summed E-state index contributed by atoms with van der Waals surface area (Å²) < 4.78 is 0. The van der Waals surface area contributed by atoms with Crippen LogP contribution in [0.25, 0.3) is 0 Å². The predicted octanol–water partition coefficient (Wildman–Crippen LogP) is 3.25. The maximum atomic E-state index is 4.92. The highest BCUT2D eigenvalue weighted by Crippen LogP contribution is 2.26. The fourth-order valence-electron chi connectivity index (χ4n) is 2.53. The molecule has 1 aliphatic heterocycles. The van der Waals surface area contributed by atoms with Crippen molar-refractivity contribution in [3.05, 3.63) is 35.0 Å². The average molecular weight is 273 g/mol. The number of pyridine rings is 1. The van der Waals surface area contributed by atoms with Crippen molar-refractivity contribution in [2.24, 2.45) is 0 Å². The van der Waals surface area contributed by atoms with Crippen molar-refractivity contribution >= 4 is 5.82 Å². The summed E-state index contributed by atoms with van der Waals surface area (Å²) >= 11 is 0. The molecule has 3 heteroatoms. The number of nitrogens with one attached hydrogen (secondary N) is 1. The SMILES string of the molecule is CNCc1cc(N2CCC=C(C)C2)nc(C(C)(C)C)c1. The lowest BCUT2D eigenvalue weighted by atomic mass is 9.90.